The molecule has 0 heterocycles. The number of methoxy groups -OCH3 is 1. The maximum absolute atomic E-state index is 11.1. The summed E-state index contributed by atoms with van der Waals surface area (Å²) < 4.78 is 29.1. The SMILES string of the molecule is CCCS(=O)(=O)NCCCC(=O)OC. The second-order valence-corrected chi connectivity index (χ2v) is 4.82. The molecule has 84 valence electrons. The van der Waals surface area contributed by atoms with Crippen LogP contribution in [0.2, 0.25) is 0 Å². The van der Waals surface area contributed by atoms with E-state index in [9.17, 15) is 13.2 Å². The Morgan fingerprint density at radius 1 is 1.43 bits per heavy atom. The van der Waals surface area contributed by atoms with Gasteiger partial charge in [0, 0.05) is 13.0 Å². The van der Waals surface area contributed by atoms with E-state index in [-0.39, 0.29) is 24.7 Å². The van der Waals surface area contributed by atoms with Gasteiger partial charge in [-0.1, -0.05) is 6.92 Å². The predicted octanol–water partition coefficient (Wildman–Crippen LogP) is 0.269. The van der Waals surface area contributed by atoms with Gasteiger partial charge in [0.15, 0.2) is 0 Å². The Labute approximate surface area is 84.9 Å². The predicted molar refractivity (Wildman–Crippen MR) is 53.3 cm³/mol. The van der Waals surface area contributed by atoms with E-state index in [1.54, 1.807) is 6.92 Å². The highest BCUT2D eigenvalue weighted by Gasteiger charge is 2.07. The summed E-state index contributed by atoms with van der Waals surface area (Å²) in [5, 5.41) is 0. The molecule has 14 heavy (non-hydrogen) atoms. The van der Waals surface area contributed by atoms with Gasteiger partial charge >= 0.3 is 5.97 Å². The van der Waals surface area contributed by atoms with Crippen LogP contribution in [-0.4, -0.2) is 33.8 Å². The van der Waals surface area contributed by atoms with Gasteiger partial charge in [-0.15, -0.1) is 0 Å². The quantitative estimate of drug-likeness (QED) is 0.496. The first kappa shape index (κ1) is 13.4. The van der Waals surface area contributed by atoms with E-state index in [1.165, 1.54) is 7.11 Å². The second kappa shape index (κ2) is 6.78. The summed E-state index contributed by atoms with van der Waals surface area (Å²) in [6, 6.07) is 0. The van der Waals surface area contributed by atoms with Crippen LogP contribution in [0.25, 0.3) is 0 Å². The van der Waals surface area contributed by atoms with Gasteiger partial charge in [-0.3, -0.25) is 4.79 Å². The summed E-state index contributed by atoms with van der Waals surface area (Å²) in [6.07, 6.45) is 1.30. The van der Waals surface area contributed by atoms with Gasteiger partial charge in [0.2, 0.25) is 10.0 Å². The molecule has 0 bridgehead atoms. The molecule has 0 saturated heterocycles. The molecule has 0 unspecified atom stereocenters. The summed E-state index contributed by atoms with van der Waals surface area (Å²) in [6.45, 7) is 2.09. The average molecular weight is 223 g/mol. The van der Waals surface area contributed by atoms with E-state index in [1.807, 2.05) is 0 Å². The molecule has 0 spiro atoms. The highest BCUT2D eigenvalue weighted by atomic mass is 32.2. The van der Waals surface area contributed by atoms with Crippen LogP contribution in [0, 0.1) is 0 Å². The largest absolute Gasteiger partial charge is 0.469 e. The lowest BCUT2D eigenvalue weighted by molar-refractivity contribution is -0.140. The van der Waals surface area contributed by atoms with E-state index in [0.717, 1.165) is 0 Å². The Morgan fingerprint density at radius 2 is 2.07 bits per heavy atom. The molecule has 0 aliphatic heterocycles. The summed E-state index contributed by atoms with van der Waals surface area (Å²) in [4.78, 5) is 10.7. The molecule has 0 aliphatic carbocycles. The van der Waals surface area contributed by atoms with E-state index >= 15 is 0 Å². The molecule has 0 aromatic carbocycles. The summed E-state index contributed by atoms with van der Waals surface area (Å²) in [7, 11) is -1.83. The molecule has 0 rings (SSSR count). The van der Waals surface area contributed by atoms with Crippen molar-refractivity contribution >= 4 is 16.0 Å². The van der Waals surface area contributed by atoms with Gasteiger partial charge in [-0.05, 0) is 12.8 Å². The fourth-order valence-electron chi connectivity index (χ4n) is 0.903. The standard InChI is InChI=1S/C8H17NO4S/c1-3-7-14(11,12)9-6-4-5-8(10)13-2/h9H,3-7H2,1-2H3. The molecule has 0 aromatic heterocycles. The maximum atomic E-state index is 11.1. The van der Waals surface area contributed by atoms with Crippen molar-refractivity contribution in [2.24, 2.45) is 0 Å². The van der Waals surface area contributed by atoms with Crippen molar-refractivity contribution in [3.8, 4) is 0 Å². The van der Waals surface area contributed by atoms with Crippen LogP contribution >= 0.6 is 0 Å². The van der Waals surface area contributed by atoms with Crippen LogP contribution in [0.4, 0.5) is 0 Å². The highest BCUT2D eigenvalue weighted by Crippen LogP contribution is 1.93. The molecular formula is C8H17NO4S. The third-order valence-electron chi connectivity index (χ3n) is 1.58. The first-order valence-corrected chi connectivity index (χ1v) is 6.21. The van der Waals surface area contributed by atoms with E-state index < -0.39 is 10.0 Å². The fourth-order valence-corrected chi connectivity index (χ4v) is 2.04. The summed E-state index contributed by atoms with van der Waals surface area (Å²) in [5.74, 6) is -0.190. The van der Waals surface area contributed by atoms with E-state index in [4.69, 9.17) is 0 Å². The molecule has 6 heteroatoms. The van der Waals surface area contributed by atoms with Crippen molar-refractivity contribution < 1.29 is 17.9 Å². The number of ether oxygens (including phenoxy) is 1. The van der Waals surface area contributed by atoms with Crippen molar-refractivity contribution in [1.82, 2.24) is 4.72 Å². The molecule has 5 nitrogen and oxygen atoms in total. The molecule has 1 N–H and O–H groups in total. The summed E-state index contributed by atoms with van der Waals surface area (Å²) >= 11 is 0. The Morgan fingerprint density at radius 3 is 2.57 bits per heavy atom. The minimum Gasteiger partial charge on any atom is -0.469 e. The number of carbonyl (C=O) groups is 1. The topological polar surface area (TPSA) is 72.5 Å². The number of esters is 1. The van der Waals surface area contributed by atoms with E-state index in [0.29, 0.717) is 12.8 Å². The maximum Gasteiger partial charge on any atom is 0.305 e. The van der Waals surface area contributed by atoms with Gasteiger partial charge in [0.05, 0.1) is 12.9 Å². The molecule has 0 radical (unpaired) electrons. The first-order valence-electron chi connectivity index (χ1n) is 4.56. The highest BCUT2D eigenvalue weighted by molar-refractivity contribution is 7.89. The average Bonchev–Trinajstić information content (AvgIpc) is 2.12. The summed E-state index contributed by atoms with van der Waals surface area (Å²) in [5.41, 5.74) is 0. The third-order valence-corrected chi connectivity index (χ3v) is 3.17. The van der Waals surface area contributed by atoms with Crippen LogP contribution < -0.4 is 4.72 Å². The minimum atomic E-state index is -3.14. The third kappa shape index (κ3) is 6.85. The number of hydrogen-bond acceptors (Lipinski definition) is 4. The van der Waals surface area contributed by atoms with Gasteiger partial charge in [-0.2, -0.15) is 0 Å². The molecule has 0 amide bonds. The zero-order chi connectivity index (χ0) is 11.0. The zero-order valence-electron chi connectivity index (χ0n) is 8.58. The van der Waals surface area contributed by atoms with Crippen LogP contribution in [0.15, 0.2) is 0 Å². The normalized spacial score (nSPS) is 11.3. The Hall–Kier alpha value is -0.620. The lowest BCUT2D eigenvalue weighted by Gasteiger charge is -2.04. The second-order valence-electron chi connectivity index (χ2n) is 2.89. The van der Waals surface area contributed by atoms with Crippen LogP contribution in [-0.2, 0) is 19.6 Å². The van der Waals surface area contributed by atoms with Crippen molar-refractivity contribution in [2.45, 2.75) is 26.2 Å². The van der Waals surface area contributed by atoms with Crippen molar-refractivity contribution in [1.29, 1.82) is 0 Å². The van der Waals surface area contributed by atoms with E-state index in [2.05, 4.69) is 9.46 Å². The molecule has 0 fully saturated rings. The number of nitrogens with one attached hydrogen (secondary N) is 1. The van der Waals surface area contributed by atoms with Crippen LogP contribution in [0.3, 0.4) is 0 Å². The van der Waals surface area contributed by atoms with Gasteiger partial charge < -0.3 is 4.74 Å². The lowest BCUT2D eigenvalue weighted by atomic mass is 10.3. The molecular weight excluding hydrogens is 206 g/mol. The molecule has 0 saturated carbocycles. The minimum absolute atomic E-state index is 0.130. The zero-order valence-corrected chi connectivity index (χ0v) is 9.39. The number of hydrogen-bond donors (Lipinski definition) is 1. The van der Waals surface area contributed by atoms with Crippen LogP contribution in [0.5, 0.6) is 0 Å². The Kier molecular flexibility index (Phi) is 6.48. The molecule has 0 aromatic rings. The number of carbonyl (C=O) groups excluding carboxylic acids is 1. The Bertz CT molecular complexity index is 261. The van der Waals surface area contributed by atoms with Crippen molar-refractivity contribution in [2.75, 3.05) is 19.4 Å². The number of rotatable bonds is 7. The molecule has 0 atom stereocenters. The fraction of sp³-hybridized carbons (Fsp3) is 0.875. The van der Waals surface area contributed by atoms with Gasteiger partial charge in [-0.25, -0.2) is 13.1 Å². The van der Waals surface area contributed by atoms with Crippen molar-refractivity contribution in [3.05, 3.63) is 0 Å². The monoisotopic (exact) mass is 223 g/mol. The smallest absolute Gasteiger partial charge is 0.305 e. The van der Waals surface area contributed by atoms with Crippen molar-refractivity contribution in [3.63, 3.8) is 0 Å². The molecule has 0 aliphatic rings. The lowest BCUT2D eigenvalue weighted by Crippen LogP contribution is -2.27. The Balaban J connectivity index is 3.59. The van der Waals surface area contributed by atoms with Crippen LogP contribution in [0.1, 0.15) is 26.2 Å². The first-order chi connectivity index (χ1) is 6.52. The van der Waals surface area contributed by atoms with Gasteiger partial charge in [0.1, 0.15) is 0 Å². The number of sulfonamides is 1. The van der Waals surface area contributed by atoms with Gasteiger partial charge in [0.25, 0.3) is 0 Å².